The summed E-state index contributed by atoms with van der Waals surface area (Å²) in [5, 5.41) is 2.89. The van der Waals surface area contributed by atoms with E-state index in [2.05, 4.69) is 10.2 Å². The van der Waals surface area contributed by atoms with Gasteiger partial charge in [0.05, 0.1) is 0 Å². The number of anilines is 1. The Labute approximate surface area is 177 Å². The van der Waals surface area contributed by atoms with Crippen LogP contribution in [0.2, 0.25) is 0 Å². The predicted octanol–water partition coefficient (Wildman–Crippen LogP) is 5.13. The molecule has 0 unspecified atom stereocenters. The van der Waals surface area contributed by atoms with Gasteiger partial charge in [0.2, 0.25) is 0 Å². The Morgan fingerprint density at radius 2 is 1.77 bits per heavy atom. The fourth-order valence-corrected chi connectivity index (χ4v) is 3.59. The number of nitrogens with one attached hydrogen (secondary N) is 1. The van der Waals surface area contributed by atoms with Crippen LogP contribution < -0.4 is 5.32 Å². The minimum Gasteiger partial charge on any atom is -0.444 e. The van der Waals surface area contributed by atoms with Gasteiger partial charge in [-0.15, -0.1) is 0 Å². The Kier molecular flexibility index (Phi) is 6.12. The molecule has 0 spiro atoms. The summed E-state index contributed by atoms with van der Waals surface area (Å²) in [5.74, 6) is -0.171. The second kappa shape index (κ2) is 8.58. The van der Waals surface area contributed by atoms with E-state index in [1.165, 1.54) is 0 Å². The van der Waals surface area contributed by atoms with Crippen LogP contribution in [0, 0.1) is 6.57 Å². The Hall–Kier alpha value is -3.33. The summed E-state index contributed by atoms with van der Waals surface area (Å²) < 4.78 is 5.51. The third kappa shape index (κ3) is 4.98. The van der Waals surface area contributed by atoms with Crippen LogP contribution in [-0.2, 0) is 10.3 Å². The number of hydrogen-bond donors (Lipinski definition) is 1. The van der Waals surface area contributed by atoms with E-state index in [-0.39, 0.29) is 12.0 Å². The van der Waals surface area contributed by atoms with Crippen molar-refractivity contribution < 1.29 is 14.3 Å². The number of carbonyl (C=O) groups excluding carboxylic acids is 2. The minimum absolute atomic E-state index is 0.171. The van der Waals surface area contributed by atoms with E-state index in [1.54, 1.807) is 17.0 Å². The Balaban J connectivity index is 1.74. The molecular formula is C24H28N3O3+. The normalized spacial score (nSPS) is 18.9. The van der Waals surface area contributed by atoms with Gasteiger partial charge in [0.1, 0.15) is 12.1 Å². The van der Waals surface area contributed by atoms with Gasteiger partial charge in [0, 0.05) is 29.8 Å². The lowest BCUT2D eigenvalue weighted by molar-refractivity contribution is 0.0162. The molecular weight excluding hydrogens is 378 g/mol. The first-order valence-electron chi connectivity index (χ1n) is 10.1. The Morgan fingerprint density at radius 3 is 2.37 bits per heavy atom. The molecule has 2 aromatic rings. The molecule has 1 fully saturated rings. The van der Waals surface area contributed by atoms with Crippen molar-refractivity contribution in [2.75, 3.05) is 18.4 Å². The van der Waals surface area contributed by atoms with Gasteiger partial charge in [0.15, 0.2) is 0 Å². The molecule has 6 heteroatoms. The van der Waals surface area contributed by atoms with Gasteiger partial charge in [-0.2, -0.15) is 0 Å². The molecule has 6 nitrogen and oxygen atoms in total. The summed E-state index contributed by atoms with van der Waals surface area (Å²) in [6.45, 7) is 12.3. The zero-order valence-corrected chi connectivity index (χ0v) is 17.7. The summed E-state index contributed by atoms with van der Waals surface area (Å²) in [5.41, 5.74) is 0.915. The Morgan fingerprint density at radius 1 is 1.10 bits per heavy atom. The maximum atomic E-state index is 12.5. The van der Waals surface area contributed by atoms with Gasteiger partial charge >= 0.3 is 11.6 Å². The van der Waals surface area contributed by atoms with E-state index in [4.69, 9.17) is 11.3 Å². The summed E-state index contributed by atoms with van der Waals surface area (Å²) in [6, 6.07) is 16.5. The first kappa shape index (κ1) is 21.4. The van der Waals surface area contributed by atoms with Crippen molar-refractivity contribution in [3.8, 4) is 6.57 Å². The maximum Gasteiger partial charge on any atom is 0.410 e. The molecule has 1 saturated heterocycles. The zero-order valence-electron chi connectivity index (χ0n) is 17.7. The van der Waals surface area contributed by atoms with Crippen LogP contribution >= 0.6 is 0 Å². The van der Waals surface area contributed by atoms with Crippen molar-refractivity contribution >= 4 is 17.7 Å². The van der Waals surface area contributed by atoms with Crippen LogP contribution in [0.3, 0.4) is 0 Å². The minimum atomic E-state index is -0.697. The second-order valence-electron chi connectivity index (χ2n) is 8.56. The van der Waals surface area contributed by atoms with Crippen molar-refractivity contribution in [1.82, 2.24) is 4.90 Å². The Bertz CT molecular complexity index is 942. The largest absolute Gasteiger partial charge is 0.444 e. The van der Waals surface area contributed by atoms with E-state index in [0.29, 0.717) is 24.3 Å². The van der Waals surface area contributed by atoms with Crippen molar-refractivity contribution in [3.05, 3.63) is 70.6 Å². The first-order chi connectivity index (χ1) is 14.2. The number of piperidine rings is 1. The summed E-state index contributed by atoms with van der Waals surface area (Å²) in [7, 11) is 0. The maximum absolute atomic E-state index is 12.5. The average Bonchev–Trinajstić information content (AvgIpc) is 2.73. The number of ether oxygens (including phenoxy) is 1. The SMILES string of the molecule is C#[N+][C@@]1(c2ccc(NC(=O)c3ccccc3)cc2)CCCN(C(=O)OC(C)(C)C)C1. The summed E-state index contributed by atoms with van der Waals surface area (Å²) in [6.07, 6.45) is 1.15. The highest BCUT2D eigenvalue weighted by atomic mass is 16.6. The number of benzene rings is 2. The summed E-state index contributed by atoms with van der Waals surface area (Å²) in [4.78, 5) is 30.7. The number of carbonyl (C=O) groups is 2. The molecule has 0 aromatic heterocycles. The van der Waals surface area contributed by atoms with Gasteiger partial charge in [-0.05, 0) is 63.6 Å². The van der Waals surface area contributed by atoms with Crippen LogP contribution in [0.5, 0.6) is 0 Å². The lowest BCUT2D eigenvalue weighted by atomic mass is 9.83. The molecule has 1 atom stereocenters. The van der Waals surface area contributed by atoms with Crippen LogP contribution in [0.15, 0.2) is 54.6 Å². The third-order valence-electron chi connectivity index (χ3n) is 5.09. The van der Waals surface area contributed by atoms with Gasteiger partial charge in [-0.25, -0.2) is 4.79 Å². The van der Waals surface area contributed by atoms with Crippen molar-refractivity contribution in [2.45, 2.75) is 44.8 Å². The molecule has 1 aliphatic heterocycles. The predicted molar refractivity (Wildman–Crippen MR) is 118 cm³/mol. The van der Waals surface area contributed by atoms with E-state index < -0.39 is 11.1 Å². The van der Waals surface area contributed by atoms with Crippen molar-refractivity contribution in [1.29, 1.82) is 0 Å². The monoisotopic (exact) mass is 406 g/mol. The molecule has 1 heterocycles. The van der Waals surface area contributed by atoms with E-state index in [0.717, 1.165) is 18.4 Å². The van der Waals surface area contributed by atoms with Gasteiger partial charge < -0.3 is 10.1 Å². The molecule has 0 aliphatic carbocycles. The number of amides is 2. The lowest BCUT2D eigenvalue weighted by Gasteiger charge is -2.34. The van der Waals surface area contributed by atoms with Crippen molar-refractivity contribution in [3.63, 3.8) is 0 Å². The number of likely N-dealkylation sites (tertiary alicyclic amines) is 1. The van der Waals surface area contributed by atoms with Crippen LogP contribution in [0.4, 0.5) is 10.5 Å². The van der Waals surface area contributed by atoms with E-state index >= 15 is 0 Å². The zero-order chi connectivity index (χ0) is 21.8. The molecule has 0 radical (unpaired) electrons. The fraction of sp³-hybridized carbons (Fsp3) is 0.375. The molecule has 0 bridgehead atoms. The van der Waals surface area contributed by atoms with Crippen LogP contribution in [-0.4, -0.2) is 35.6 Å². The van der Waals surface area contributed by atoms with Crippen LogP contribution in [0.25, 0.3) is 4.85 Å². The smallest absolute Gasteiger partial charge is 0.410 e. The molecule has 2 aromatic carbocycles. The molecule has 1 aliphatic rings. The number of hydrogen-bond acceptors (Lipinski definition) is 3. The highest BCUT2D eigenvalue weighted by Crippen LogP contribution is 2.36. The molecule has 30 heavy (non-hydrogen) atoms. The third-order valence-corrected chi connectivity index (χ3v) is 5.09. The van der Waals surface area contributed by atoms with E-state index in [9.17, 15) is 9.59 Å². The molecule has 1 N–H and O–H groups in total. The van der Waals surface area contributed by atoms with E-state index in [1.807, 2.05) is 63.2 Å². The molecule has 2 amide bonds. The van der Waals surface area contributed by atoms with Crippen LogP contribution in [0.1, 0.15) is 49.5 Å². The number of rotatable bonds is 3. The molecule has 0 saturated carbocycles. The second-order valence-corrected chi connectivity index (χ2v) is 8.56. The highest BCUT2D eigenvalue weighted by molar-refractivity contribution is 6.04. The van der Waals surface area contributed by atoms with Crippen molar-refractivity contribution in [2.24, 2.45) is 0 Å². The van der Waals surface area contributed by atoms with Gasteiger partial charge in [-0.1, -0.05) is 23.0 Å². The van der Waals surface area contributed by atoms with Gasteiger partial charge in [0.25, 0.3) is 12.5 Å². The summed E-state index contributed by atoms with van der Waals surface area (Å²) >= 11 is 0. The fourth-order valence-electron chi connectivity index (χ4n) is 3.59. The molecule has 156 valence electrons. The first-order valence-corrected chi connectivity index (χ1v) is 10.1. The molecule has 3 rings (SSSR count). The number of nitrogens with zero attached hydrogens (tertiary/aromatic N) is 2. The van der Waals surface area contributed by atoms with Gasteiger partial charge in [-0.3, -0.25) is 9.69 Å². The average molecular weight is 407 g/mol. The standard InChI is InChI=1S/C24H27N3O3/c1-23(2,3)30-22(29)27-16-8-15-24(17-27,25-4)19-11-13-20(14-12-19)26-21(28)18-9-6-5-7-10-18/h4-7,9-14H,8,15-17H2,1-3H3/p+1/t24-/m0/s1. The topological polar surface area (TPSA) is 63.0 Å². The quantitative estimate of drug-likeness (QED) is 0.769. The highest BCUT2D eigenvalue weighted by Gasteiger charge is 2.48. The lowest BCUT2D eigenvalue weighted by Crippen LogP contribution is -2.48.